The van der Waals surface area contributed by atoms with Crippen molar-refractivity contribution in [3.63, 3.8) is 0 Å². The fourth-order valence-corrected chi connectivity index (χ4v) is 1.52. The first-order chi connectivity index (χ1) is 8.38. The number of benzene rings is 1. The number of hydrogen-bond acceptors (Lipinski definition) is 1. The normalized spacial score (nSPS) is 13.0. The smallest absolute Gasteiger partial charge is 0.398 e. The summed E-state index contributed by atoms with van der Waals surface area (Å²) in [6, 6.07) is 3.90. The average Bonchev–Trinajstić information content (AvgIpc) is 2.28. The molecule has 0 saturated carbocycles. The molecule has 0 aromatic heterocycles. The summed E-state index contributed by atoms with van der Waals surface area (Å²) >= 11 is 0. The van der Waals surface area contributed by atoms with Crippen molar-refractivity contribution in [1.82, 2.24) is 0 Å². The molecule has 2 N–H and O–H groups in total. The standard InChI is InChI=1S/C14H14F3N/c1-3-4-5-7-10(2)11-8-6-9-12(13(11)18)14(15,16)17/h3-9H,1,18H2,2H3/b5-4-,10-7+. The summed E-state index contributed by atoms with van der Waals surface area (Å²) in [5.41, 5.74) is 5.57. The Morgan fingerprint density at radius 3 is 2.50 bits per heavy atom. The number of anilines is 1. The highest BCUT2D eigenvalue weighted by Crippen LogP contribution is 2.36. The lowest BCUT2D eigenvalue weighted by atomic mass is 10.0. The Hall–Kier alpha value is -1.97. The van der Waals surface area contributed by atoms with Crippen molar-refractivity contribution in [2.24, 2.45) is 0 Å². The first-order valence-electron chi connectivity index (χ1n) is 5.30. The Labute approximate surface area is 104 Å². The minimum atomic E-state index is -4.43. The van der Waals surface area contributed by atoms with Gasteiger partial charge in [-0.15, -0.1) is 0 Å². The monoisotopic (exact) mass is 253 g/mol. The molecular formula is C14H14F3N. The van der Waals surface area contributed by atoms with Crippen LogP contribution in [-0.4, -0.2) is 0 Å². The molecule has 0 heterocycles. The molecule has 4 heteroatoms. The summed E-state index contributed by atoms with van der Waals surface area (Å²) in [7, 11) is 0. The van der Waals surface area contributed by atoms with Crippen LogP contribution in [0.3, 0.4) is 0 Å². The molecule has 0 fully saturated rings. The number of allylic oxidation sites excluding steroid dienone is 5. The Bertz CT molecular complexity index is 496. The highest BCUT2D eigenvalue weighted by atomic mass is 19.4. The van der Waals surface area contributed by atoms with Crippen molar-refractivity contribution in [3.8, 4) is 0 Å². The maximum Gasteiger partial charge on any atom is 0.418 e. The molecule has 0 aliphatic carbocycles. The van der Waals surface area contributed by atoms with E-state index in [1.54, 1.807) is 37.3 Å². The molecule has 18 heavy (non-hydrogen) atoms. The third kappa shape index (κ3) is 3.26. The second-order valence-corrected chi connectivity index (χ2v) is 3.73. The Balaban J connectivity index is 3.23. The Morgan fingerprint density at radius 2 is 1.94 bits per heavy atom. The van der Waals surface area contributed by atoms with E-state index in [2.05, 4.69) is 6.58 Å². The highest BCUT2D eigenvalue weighted by molar-refractivity contribution is 5.77. The zero-order valence-corrected chi connectivity index (χ0v) is 9.96. The minimum Gasteiger partial charge on any atom is -0.398 e. The van der Waals surface area contributed by atoms with E-state index >= 15 is 0 Å². The molecule has 1 nitrogen and oxygen atoms in total. The zero-order chi connectivity index (χ0) is 13.8. The fraction of sp³-hybridized carbons (Fsp3) is 0.143. The lowest BCUT2D eigenvalue weighted by molar-refractivity contribution is -0.136. The van der Waals surface area contributed by atoms with Crippen LogP contribution in [0, 0.1) is 0 Å². The van der Waals surface area contributed by atoms with Gasteiger partial charge in [0.05, 0.1) is 11.3 Å². The van der Waals surface area contributed by atoms with Gasteiger partial charge >= 0.3 is 6.18 Å². The van der Waals surface area contributed by atoms with Crippen LogP contribution in [0.4, 0.5) is 18.9 Å². The molecule has 0 radical (unpaired) electrons. The summed E-state index contributed by atoms with van der Waals surface area (Å²) in [4.78, 5) is 0. The summed E-state index contributed by atoms with van der Waals surface area (Å²) in [6.07, 6.45) is 2.22. The summed E-state index contributed by atoms with van der Waals surface area (Å²) in [6.45, 7) is 5.21. The van der Waals surface area contributed by atoms with E-state index in [4.69, 9.17) is 5.73 Å². The van der Waals surface area contributed by atoms with E-state index in [1.807, 2.05) is 0 Å². The molecule has 0 aliphatic heterocycles. The summed E-state index contributed by atoms with van der Waals surface area (Å²) < 4.78 is 38.0. The third-order valence-corrected chi connectivity index (χ3v) is 2.43. The van der Waals surface area contributed by atoms with Crippen LogP contribution in [0.5, 0.6) is 0 Å². The lowest BCUT2D eigenvalue weighted by Crippen LogP contribution is -2.10. The Kier molecular flexibility index (Phi) is 4.37. The van der Waals surface area contributed by atoms with E-state index in [9.17, 15) is 13.2 Å². The van der Waals surface area contributed by atoms with Gasteiger partial charge in [-0.3, -0.25) is 0 Å². The topological polar surface area (TPSA) is 26.0 Å². The molecule has 0 spiro atoms. The second-order valence-electron chi connectivity index (χ2n) is 3.73. The molecule has 0 atom stereocenters. The van der Waals surface area contributed by atoms with Crippen LogP contribution in [0.2, 0.25) is 0 Å². The molecule has 96 valence electrons. The van der Waals surface area contributed by atoms with Gasteiger partial charge in [-0.2, -0.15) is 13.2 Å². The van der Waals surface area contributed by atoms with Gasteiger partial charge in [-0.1, -0.05) is 43.0 Å². The number of alkyl halides is 3. The third-order valence-electron chi connectivity index (χ3n) is 2.43. The SMILES string of the molecule is C=C/C=C\C=C(/C)c1cccc(C(F)(F)F)c1N. The van der Waals surface area contributed by atoms with Crippen molar-refractivity contribution in [2.75, 3.05) is 5.73 Å². The molecule has 1 rings (SSSR count). The second kappa shape index (κ2) is 5.58. The average molecular weight is 253 g/mol. The van der Waals surface area contributed by atoms with Crippen LogP contribution < -0.4 is 5.73 Å². The number of hydrogen-bond donors (Lipinski definition) is 1. The van der Waals surface area contributed by atoms with Gasteiger partial charge in [0.25, 0.3) is 0 Å². The first-order valence-corrected chi connectivity index (χ1v) is 5.30. The van der Waals surface area contributed by atoms with Gasteiger partial charge < -0.3 is 5.73 Å². The van der Waals surface area contributed by atoms with Crippen LogP contribution in [0.15, 0.2) is 49.1 Å². The van der Waals surface area contributed by atoms with Gasteiger partial charge in [-0.25, -0.2) is 0 Å². The van der Waals surface area contributed by atoms with E-state index in [-0.39, 0.29) is 5.69 Å². The van der Waals surface area contributed by atoms with Crippen molar-refractivity contribution in [2.45, 2.75) is 13.1 Å². The van der Waals surface area contributed by atoms with Crippen molar-refractivity contribution in [1.29, 1.82) is 0 Å². The van der Waals surface area contributed by atoms with E-state index < -0.39 is 11.7 Å². The highest BCUT2D eigenvalue weighted by Gasteiger charge is 2.33. The largest absolute Gasteiger partial charge is 0.418 e. The first kappa shape index (κ1) is 14.1. The lowest BCUT2D eigenvalue weighted by Gasteiger charge is -2.13. The van der Waals surface area contributed by atoms with Gasteiger partial charge in [0.15, 0.2) is 0 Å². The van der Waals surface area contributed by atoms with Gasteiger partial charge in [0.2, 0.25) is 0 Å². The quantitative estimate of drug-likeness (QED) is 0.625. The zero-order valence-electron chi connectivity index (χ0n) is 9.96. The molecular weight excluding hydrogens is 239 g/mol. The number of halogens is 3. The van der Waals surface area contributed by atoms with Crippen LogP contribution in [0.1, 0.15) is 18.1 Å². The van der Waals surface area contributed by atoms with Gasteiger partial charge in [0, 0.05) is 5.56 Å². The van der Waals surface area contributed by atoms with E-state index in [0.29, 0.717) is 11.1 Å². The molecule has 0 aliphatic rings. The van der Waals surface area contributed by atoms with Crippen molar-refractivity contribution in [3.05, 3.63) is 60.2 Å². The van der Waals surface area contributed by atoms with Gasteiger partial charge in [0.1, 0.15) is 0 Å². The number of nitrogen functional groups attached to an aromatic ring is 1. The fourth-order valence-electron chi connectivity index (χ4n) is 1.52. The predicted octanol–water partition coefficient (Wildman–Crippen LogP) is 4.43. The van der Waals surface area contributed by atoms with E-state index in [0.717, 1.165) is 6.07 Å². The molecule has 0 bridgehead atoms. The molecule has 0 amide bonds. The minimum absolute atomic E-state index is 0.245. The summed E-state index contributed by atoms with van der Waals surface area (Å²) in [5.74, 6) is 0. The van der Waals surface area contributed by atoms with Crippen LogP contribution in [-0.2, 0) is 6.18 Å². The van der Waals surface area contributed by atoms with Gasteiger partial charge in [-0.05, 0) is 18.6 Å². The number of nitrogens with two attached hydrogens (primary N) is 1. The van der Waals surface area contributed by atoms with E-state index in [1.165, 1.54) is 6.07 Å². The Morgan fingerprint density at radius 1 is 1.28 bits per heavy atom. The number of para-hydroxylation sites is 1. The summed E-state index contributed by atoms with van der Waals surface area (Å²) in [5, 5.41) is 0. The van der Waals surface area contributed by atoms with Crippen LogP contribution >= 0.6 is 0 Å². The maximum atomic E-state index is 12.7. The molecule has 1 aromatic rings. The maximum absolute atomic E-state index is 12.7. The molecule has 1 aromatic carbocycles. The molecule has 0 unspecified atom stereocenters. The number of rotatable bonds is 3. The van der Waals surface area contributed by atoms with Crippen LogP contribution in [0.25, 0.3) is 5.57 Å². The molecule has 0 saturated heterocycles. The van der Waals surface area contributed by atoms with Crippen molar-refractivity contribution < 1.29 is 13.2 Å². The predicted molar refractivity (Wildman–Crippen MR) is 68.8 cm³/mol. The van der Waals surface area contributed by atoms with Crippen molar-refractivity contribution >= 4 is 11.3 Å².